The highest BCUT2D eigenvalue weighted by atomic mass is 32.2. The van der Waals surface area contributed by atoms with Gasteiger partial charge in [-0.25, -0.2) is 22.5 Å². The van der Waals surface area contributed by atoms with Crippen molar-refractivity contribution < 1.29 is 22.3 Å². The maximum Gasteiger partial charge on any atom is 0.254 e. The maximum atomic E-state index is 14.1. The Balaban J connectivity index is 1.71. The van der Waals surface area contributed by atoms with Crippen molar-refractivity contribution in [3.8, 4) is 17.1 Å². The number of methoxy groups -OCH3 is 1. The van der Waals surface area contributed by atoms with Crippen LogP contribution in [0.3, 0.4) is 0 Å². The highest BCUT2D eigenvalue weighted by molar-refractivity contribution is 7.89. The average Bonchev–Trinajstić information content (AvgIpc) is 3.21. The minimum Gasteiger partial charge on any atom is -0.497 e. The first kappa shape index (κ1) is 21.4. The van der Waals surface area contributed by atoms with Gasteiger partial charge in [0.1, 0.15) is 17.4 Å². The lowest BCUT2D eigenvalue weighted by atomic mass is 10.2. The topological polar surface area (TPSA) is 126 Å². The Morgan fingerprint density at radius 3 is 2.60 bits per heavy atom. The van der Waals surface area contributed by atoms with E-state index in [2.05, 4.69) is 25.2 Å². The van der Waals surface area contributed by atoms with Crippen molar-refractivity contribution >= 4 is 15.9 Å². The summed E-state index contributed by atoms with van der Waals surface area (Å²) >= 11 is 0. The molecule has 158 valence electrons. The van der Waals surface area contributed by atoms with Crippen LogP contribution in [0.25, 0.3) is 11.4 Å². The Hall–Kier alpha value is -3.31. The number of hydrogen-bond donors (Lipinski definition) is 3. The van der Waals surface area contributed by atoms with Crippen LogP contribution in [0.2, 0.25) is 0 Å². The smallest absolute Gasteiger partial charge is 0.254 e. The van der Waals surface area contributed by atoms with Crippen LogP contribution in [0.15, 0.2) is 47.4 Å². The number of carbonyl (C=O) groups excluding carboxylic acids is 1. The van der Waals surface area contributed by atoms with Crippen LogP contribution in [0.5, 0.6) is 5.75 Å². The summed E-state index contributed by atoms with van der Waals surface area (Å²) in [6.07, 6.45) is 0. The molecule has 30 heavy (non-hydrogen) atoms. The van der Waals surface area contributed by atoms with Crippen LogP contribution in [0, 0.1) is 5.82 Å². The molecule has 1 amide bonds. The summed E-state index contributed by atoms with van der Waals surface area (Å²) in [5, 5.41) is 9.29. The molecule has 0 saturated heterocycles. The van der Waals surface area contributed by atoms with Gasteiger partial charge in [-0.1, -0.05) is 6.92 Å². The van der Waals surface area contributed by atoms with E-state index in [1.807, 2.05) is 0 Å². The molecule has 0 radical (unpaired) electrons. The molecule has 0 bridgehead atoms. The fourth-order valence-electron chi connectivity index (χ4n) is 2.62. The molecule has 0 spiro atoms. The normalized spacial score (nSPS) is 11.3. The standard InChI is InChI=1S/C19H20FN5O4S/c1-3-22-30(27,28)14-8-9-16(20)15(10-14)19(26)21-11-17-23-18(25-24-17)12-4-6-13(29-2)7-5-12/h4-10,22H,3,11H2,1-2H3,(H,21,26)(H,23,24,25). The maximum absolute atomic E-state index is 14.1. The molecule has 1 aromatic heterocycles. The van der Waals surface area contributed by atoms with Gasteiger partial charge >= 0.3 is 0 Å². The highest BCUT2D eigenvalue weighted by Crippen LogP contribution is 2.19. The number of ether oxygens (including phenoxy) is 1. The van der Waals surface area contributed by atoms with Gasteiger partial charge in [-0.05, 0) is 42.5 Å². The quantitative estimate of drug-likeness (QED) is 0.498. The number of amides is 1. The number of nitrogens with one attached hydrogen (secondary N) is 3. The first-order chi connectivity index (χ1) is 14.3. The largest absolute Gasteiger partial charge is 0.497 e. The number of aromatic amines is 1. The van der Waals surface area contributed by atoms with Crippen molar-refractivity contribution in [3.63, 3.8) is 0 Å². The third kappa shape index (κ3) is 4.81. The summed E-state index contributed by atoms with van der Waals surface area (Å²) in [5.74, 6) is -0.136. The van der Waals surface area contributed by atoms with Gasteiger partial charge < -0.3 is 10.1 Å². The van der Waals surface area contributed by atoms with Crippen molar-refractivity contribution in [2.45, 2.75) is 18.4 Å². The first-order valence-electron chi connectivity index (χ1n) is 8.97. The van der Waals surface area contributed by atoms with E-state index in [4.69, 9.17) is 4.74 Å². The molecule has 1 heterocycles. The molecule has 0 atom stereocenters. The number of aromatic nitrogens is 3. The predicted octanol–water partition coefficient (Wildman–Crippen LogP) is 1.85. The monoisotopic (exact) mass is 433 g/mol. The summed E-state index contributed by atoms with van der Waals surface area (Å²) in [4.78, 5) is 16.5. The van der Waals surface area contributed by atoms with E-state index in [1.165, 1.54) is 0 Å². The number of rotatable bonds is 8. The van der Waals surface area contributed by atoms with Crippen LogP contribution < -0.4 is 14.8 Å². The van der Waals surface area contributed by atoms with E-state index < -0.39 is 21.7 Å². The van der Waals surface area contributed by atoms with Gasteiger partial charge in [0.25, 0.3) is 5.91 Å². The fourth-order valence-corrected chi connectivity index (χ4v) is 3.69. The van der Waals surface area contributed by atoms with Gasteiger partial charge in [-0.2, -0.15) is 5.10 Å². The molecule has 0 fully saturated rings. The van der Waals surface area contributed by atoms with Gasteiger partial charge in [-0.15, -0.1) is 0 Å². The summed E-state index contributed by atoms with van der Waals surface area (Å²) in [6.45, 7) is 1.74. The zero-order valence-electron chi connectivity index (χ0n) is 16.3. The lowest BCUT2D eigenvalue weighted by Crippen LogP contribution is -2.26. The summed E-state index contributed by atoms with van der Waals surface area (Å²) in [6, 6.07) is 10.1. The highest BCUT2D eigenvalue weighted by Gasteiger charge is 2.19. The summed E-state index contributed by atoms with van der Waals surface area (Å²) < 4.78 is 45.6. The Kier molecular flexibility index (Phi) is 6.43. The van der Waals surface area contributed by atoms with Crippen molar-refractivity contribution in [1.29, 1.82) is 0 Å². The first-order valence-corrected chi connectivity index (χ1v) is 10.5. The number of hydrogen-bond acceptors (Lipinski definition) is 6. The molecular formula is C19H20FN5O4S. The van der Waals surface area contributed by atoms with Gasteiger partial charge in [-0.3, -0.25) is 9.89 Å². The van der Waals surface area contributed by atoms with E-state index in [1.54, 1.807) is 38.3 Å². The van der Waals surface area contributed by atoms with E-state index in [-0.39, 0.29) is 23.5 Å². The molecule has 3 rings (SSSR count). The second-order valence-corrected chi connectivity index (χ2v) is 7.93. The van der Waals surface area contributed by atoms with Crippen LogP contribution in [0.4, 0.5) is 4.39 Å². The second-order valence-electron chi connectivity index (χ2n) is 6.16. The van der Waals surface area contributed by atoms with Crippen molar-refractivity contribution in [3.05, 3.63) is 59.7 Å². The second kappa shape index (κ2) is 9.01. The number of halogens is 1. The van der Waals surface area contributed by atoms with Crippen LogP contribution in [-0.4, -0.2) is 43.2 Å². The van der Waals surface area contributed by atoms with Crippen molar-refractivity contribution in [2.75, 3.05) is 13.7 Å². The third-order valence-corrected chi connectivity index (χ3v) is 5.67. The number of sulfonamides is 1. The molecule has 0 saturated carbocycles. The molecule has 3 aromatic rings. The van der Waals surface area contributed by atoms with Crippen molar-refractivity contribution in [2.24, 2.45) is 0 Å². The number of carbonyl (C=O) groups is 1. The van der Waals surface area contributed by atoms with Crippen LogP contribution >= 0.6 is 0 Å². The molecule has 11 heteroatoms. The van der Waals surface area contributed by atoms with Gasteiger partial charge in [0, 0.05) is 12.1 Å². The predicted molar refractivity (Wildman–Crippen MR) is 107 cm³/mol. The van der Waals surface area contributed by atoms with Gasteiger partial charge in [0.15, 0.2) is 5.82 Å². The SMILES string of the molecule is CCNS(=O)(=O)c1ccc(F)c(C(=O)NCc2nc(-c3ccc(OC)cc3)n[nH]2)c1. The molecule has 3 N–H and O–H groups in total. The van der Waals surface area contributed by atoms with Crippen LogP contribution in [0.1, 0.15) is 23.1 Å². The van der Waals surface area contributed by atoms with E-state index >= 15 is 0 Å². The minimum absolute atomic E-state index is 0.0500. The average molecular weight is 433 g/mol. The number of nitrogens with zero attached hydrogens (tertiary/aromatic N) is 2. The summed E-state index contributed by atoms with van der Waals surface area (Å²) in [7, 11) is -2.25. The zero-order valence-corrected chi connectivity index (χ0v) is 17.1. The minimum atomic E-state index is -3.82. The Bertz CT molecular complexity index is 1150. The van der Waals surface area contributed by atoms with E-state index in [0.29, 0.717) is 17.4 Å². The summed E-state index contributed by atoms with van der Waals surface area (Å²) in [5.41, 5.74) is 0.362. The van der Waals surface area contributed by atoms with Crippen LogP contribution in [-0.2, 0) is 16.6 Å². The molecule has 2 aromatic carbocycles. The molecule has 0 aliphatic heterocycles. The van der Waals surface area contributed by atoms with Crippen molar-refractivity contribution in [1.82, 2.24) is 25.2 Å². The number of benzene rings is 2. The molecule has 0 aliphatic rings. The molecule has 0 aliphatic carbocycles. The zero-order chi connectivity index (χ0) is 21.7. The van der Waals surface area contributed by atoms with E-state index in [9.17, 15) is 17.6 Å². The van der Waals surface area contributed by atoms with Gasteiger partial charge in [0.05, 0.1) is 24.1 Å². The van der Waals surface area contributed by atoms with Gasteiger partial charge in [0.2, 0.25) is 10.0 Å². The lowest BCUT2D eigenvalue weighted by molar-refractivity contribution is 0.0945. The fraction of sp³-hybridized carbons (Fsp3) is 0.211. The molecule has 9 nitrogen and oxygen atoms in total. The molecule has 0 unspecified atom stereocenters. The van der Waals surface area contributed by atoms with E-state index in [0.717, 1.165) is 23.8 Å². The number of H-pyrrole nitrogens is 1. The Labute approximate surface area is 172 Å². The molecular weight excluding hydrogens is 413 g/mol. The Morgan fingerprint density at radius 2 is 1.93 bits per heavy atom. The Morgan fingerprint density at radius 1 is 1.20 bits per heavy atom. The third-order valence-electron chi connectivity index (χ3n) is 4.12. The lowest BCUT2D eigenvalue weighted by Gasteiger charge is -2.08.